The van der Waals surface area contributed by atoms with Crippen LogP contribution in [0.3, 0.4) is 0 Å². The van der Waals surface area contributed by atoms with Crippen molar-refractivity contribution in [1.29, 1.82) is 0 Å². The van der Waals surface area contributed by atoms with Crippen LogP contribution in [0.4, 0.5) is 4.39 Å². The second-order valence-corrected chi connectivity index (χ2v) is 7.13. The molecule has 1 aromatic carbocycles. The first kappa shape index (κ1) is 16.3. The monoisotopic (exact) mass is 342 g/mol. The van der Waals surface area contributed by atoms with Crippen LogP contribution in [-0.4, -0.2) is 39.7 Å². The minimum atomic E-state index is -0.293. The highest BCUT2D eigenvalue weighted by Gasteiger charge is 2.37. The van der Waals surface area contributed by atoms with E-state index in [-0.39, 0.29) is 11.7 Å². The molecular formula is C19H23FN4O. The van der Waals surface area contributed by atoms with Gasteiger partial charge in [-0.05, 0) is 43.4 Å². The van der Waals surface area contributed by atoms with E-state index in [2.05, 4.69) is 15.3 Å². The number of nitrogens with zero attached hydrogens (tertiary/aromatic N) is 3. The molecule has 1 saturated heterocycles. The van der Waals surface area contributed by atoms with Crippen molar-refractivity contribution in [1.82, 2.24) is 20.0 Å². The zero-order valence-electron chi connectivity index (χ0n) is 14.2. The zero-order valence-corrected chi connectivity index (χ0v) is 14.2. The molecule has 132 valence electrons. The summed E-state index contributed by atoms with van der Waals surface area (Å²) in [6, 6.07) is 6.99. The Balaban J connectivity index is 1.25. The van der Waals surface area contributed by atoms with Gasteiger partial charge in [-0.2, -0.15) is 5.10 Å². The number of rotatable bonds is 6. The SMILES string of the molecule is O=C(CCN1C[C@@H]2CC[C@H]1C2)NCc1cnn(-c2cccc(F)c2)c1. The standard InChI is InChI=1S/C19H23FN4O/c20-16-2-1-3-18(9-16)24-13-15(11-22-24)10-21-19(25)6-7-23-12-14-4-5-17(23)8-14/h1-3,9,11,13-14,17H,4-8,10,12H2,(H,21,25)/t14-,17+/m1/s1. The highest BCUT2D eigenvalue weighted by atomic mass is 19.1. The van der Waals surface area contributed by atoms with Gasteiger partial charge in [0.15, 0.2) is 0 Å². The molecule has 1 aromatic heterocycles. The van der Waals surface area contributed by atoms with Gasteiger partial charge in [-0.3, -0.25) is 9.69 Å². The van der Waals surface area contributed by atoms with Crippen molar-refractivity contribution in [3.63, 3.8) is 0 Å². The third-order valence-electron chi connectivity index (χ3n) is 5.35. The number of hydrogen-bond acceptors (Lipinski definition) is 3. The summed E-state index contributed by atoms with van der Waals surface area (Å²) in [6.07, 6.45) is 8.04. The molecule has 2 heterocycles. The Morgan fingerprint density at radius 1 is 1.36 bits per heavy atom. The molecule has 4 rings (SSSR count). The molecule has 2 aromatic rings. The third-order valence-corrected chi connectivity index (χ3v) is 5.35. The van der Waals surface area contributed by atoms with Crippen molar-refractivity contribution in [2.24, 2.45) is 5.92 Å². The minimum Gasteiger partial charge on any atom is -0.352 e. The van der Waals surface area contributed by atoms with E-state index in [1.54, 1.807) is 23.0 Å². The smallest absolute Gasteiger partial charge is 0.221 e. The maximum Gasteiger partial charge on any atom is 0.221 e. The highest BCUT2D eigenvalue weighted by Crippen LogP contribution is 2.37. The van der Waals surface area contributed by atoms with Crippen LogP contribution in [0.2, 0.25) is 0 Å². The largest absolute Gasteiger partial charge is 0.352 e. The predicted octanol–water partition coefficient (Wildman–Crippen LogP) is 2.50. The molecule has 2 atom stereocenters. The van der Waals surface area contributed by atoms with E-state index >= 15 is 0 Å². The van der Waals surface area contributed by atoms with Gasteiger partial charge in [0.25, 0.3) is 0 Å². The van der Waals surface area contributed by atoms with E-state index in [1.807, 2.05) is 6.20 Å². The van der Waals surface area contributed by atoms with Crippen LogP contribution in [-0.2, 0) is 11.3 Å². The molecule has 5 nitrogen and oxygen atoms in total. The molecule has 2 bridgehead atoms. The van der Waals surface area contributed by atoms with Gasteiger partial charge in [0, 0.05) is 43.9 Å². The summed E-state index contributed by atoms with van der Waals surface area (Å²) < 4.78 is 14.9. The fourth-order valence-electron chi connectivity index (χ4n) is 4.05. The van der Waals surface area contributed by atoms with Crippen LogP contribution in [0.1, 0.15) is 31.2 Å². The van der Waals surface area contributed by atoms with Gasteiger partial charge >= 0.3 is 0 Å². The normalized spacial score (nSPS) is 22.4. The number of halogens is 1. The Hall–Kier alpha value is -2.21. The van der Waals surface area contributed by atoms with Crippen LogP contribution < -0.4 is 5.32 Å². The maximum absolute atomic E-state index is 13.3. The third kappa shape index (κ3) is 3.74. The van der Waals surface area contributed by atoms with Crippen molar-refractivity contribution in [3.8, 4) is 5.69 Å². The highest BCUT2D eigenvalue weighted by molar-refractivity contribution is 5.76. The molecule has 1 aliphatic carbocycles. The Morgan fingerprint density at radius 2 is 2.28 bits per heavy atom. The summed E-state index contributed by atoms with van der Waals surface area (Å²) >= 11 is 0. The number of nitrogens with one attached hydrogen (secondary N) is 1. The van der Waals surface area contributed by atoms with Crippen molar-refractivity contribution in [2.45, 2.75) is 38.3 Å². The number of piperidine rings is 1. The van der Waals surface area contributed by atoms with E-state index in [4.69, 9.17) is 0 Å². The van der Waals surface area contributed by atoms with E-state index < -0.39 is 0 Å². The van der Waals surface area contributed by atoms with Gasteiger partial charge in [-0.25, -0.2) is 9.07 Å². The van der Waals surface area contributed by atoms with Crippen LogP contribution in [0.5, 0.6) is 0 Å². The molecule has 0 radical (unpaired) electrons. The molecule has 1 aliphatic heterocycles. The van der Waals surface area contributed by atoms with Crippen molar-refractivity contribution in [3.05, 3.63) is 48.0 Å². The Kier molecular flexibility index (Phi) is 4.53. The Bertz CT molecular complexity index is 759. The van der Waals surface area contributed by atoms with Crippen molar-refractivity contribution < 1.29 is 9.18 Å². The molecular weight excluding hydrogens is 319 g/mol. The summed E-state index contributed by atoms with van der Waals surface area (Å²) in [5.74, 6) is 0.640. The lowest BCUT2D eigenvalue weighted by Crippen LogP contribution is -2.35. The zero-order chi connectivity index (χ0) is 17.2. The van der Waals surface area contributed by atoms with Crippen LogP contribution in [0.25, 0.3) is 5.69 Å². The molecule has 25 heavy (non-hydrogen) atoms. The van der Waals surface area contributed by atoms with Crippen LogP contribution in [0.15, 0.2) is 36.7 Å². The number of aromatic nitrogens is 2. The summed E-state index contributed by atoms with van der Waals surface area (Å²) in [6.45, 7) is 2.47. The maximum atomic E-state index is 13.3. The van der Waals surface area contributed by atoms with Gasteiger partial charge in [-0.15, -0.1) is 0 Å². The van der Waals surface area contributed by atoms with Gasteiger partial charge in [0.2, 0.25) is 5.91 Å². The van der Waals surface area contributed by atoms with E-state index in [0.29, 0.717) is 24.7 Å². The molecule has 2 fully saturated rings. The average Bonchev–Trinajstić information content (AvgIpc) is 3.34. The second kappa shape index (κ2) is 6.96. The molecule has 0 unspecified atom stereocenters. The molecule has 1 N–H and O–H groups in total. The number of fused-ring (bicyclic) bond motifs is 2. The summed E-state index contributed by atoms with van der Waals surface area (Å²) in [7, 11) is 0. The quantitative estimate of drug-likeness (QED) is 0.877. The van der Waals surface area contributed by atoms with E-state index in [9.17, 15) is 9.18 Å². The van der Waals surface area contributed by atoms with Crippen LogP contribution >= 0.6 is 0 Å². The molecule has 1 amide bonds. The number of carbonyl (C=O) groups is 1. The number of carbonyl (C=O) groups excluding carboxylic acids is 1. The van der Waals surface area contributed by atoms with E-state index in [1.165, 1.54) is 37.9 Å². The van der Waals surface area contributed by atoms with E-state index in [0.717, 1.165) is 18.0 Å². The van der Waals surface area contributed by atoms with Gasteiger partial charge in [-0.1, -0.05) is 6.07 Å². The topological polar surface area (TPSA) is 50.2 Å². The number of amides is 1. The fraction of sp³-hybridized carbons (Fsp3) is 0.474. The first-order valence-corrected chi connectivity index (χ1v) is 8.97. The summed E-state index contributed by atoms with van der Waals surface area (Å²) in [5.41, 5.74) is 1.57. The van der Waals surface area contributed by atoms with Gasteiger partial charge in [0.05, 0.1) is 11.9 Å². The number of hydrogen-bond donors (Lipinski definition) is 1. The summed E-state index contributed by atoms with van der Waals surface area (Å²) in [4.78, 5) is 14.6. The summed E-state index contributed by atoms with van der Waals surface area (Å²) in [5, 5.41) is 7.18. The lowest BCUT2D eigenvalue weighted by atomic mass is 10.1. The number of likely N-dealkylation sites (tertiary alicyclic amines) is 1. The van der Waals surface area contributed by atoms with Crippen molar-refractivity contribution >= 4 is 5.91 Å². The predicted molar refractivity (Wildman–Crippen MR) is 92.7 cm³/mol. The van der Waals surface area contributed by atoms with Crippen LogP contribution in [0, 0.1) is 11.7 Å². The molecule has 2 aliphatic rings. The lowest BCUT2D eigenvalue weighted by Gasteiger charge is -2.26. The number of benzene rings is 1. The first-order chi connectivity index (χ1) is 12.2. The second-order valence-electron chi connectivity index (χ2n) is 7.13. The molecule has 0 spiro atoms. The first-order valence-electron chi connectivity index (χ1n) is 8.97. The molecule has 6 heteroatoms. The average molecular weight is 342 g/mol. The Labute approximate surface area is 146 Å². The molecule has 1 saturated carbocycles. The van der Waals surface area contributed by atoms with Gasteiger partial charge < -0.3 is 5.32 Å². The Morgan fingerprint density at radius 3 is 3.04 bits per heavy atom. The van der Waals surface area contributed by atoms with Crippen molar-refractivity contribution in [2.75, 3.05) is 13.1 Å². The lowest BCUT2D eigenvalue weighted by molar-refractivity contribution is -0.121. The van der Waals surface area contributed by atoms with Gasteiger partial charge in [0.1, 0.15) is 5.82 Å². The minimum absolute atomic E-state index is 0.0706. The fourth-order valence-corrected chi connectivity index (χ4v) is 4.05.